The number of allylic oxidation sites excluding steroid dienone is 1. The molecule has 0 aliphatic carbocycles. The number of hydrogen-bond acceptors (Lipinski definition) is 3. The number of urea groups is 1. The minimum absolute atomic E-state index is 0.235. The number of methoxy groups -OCH3 is 1. The van der Waals surface area contributed by atoms with Crippen LogP contribution in [0, 0.1) is 0 Å². The number of nitrogens with one attached hydrogen (secondary N) is 2. The molecule has 1 heterocycles. The molecule has 1 aliphatic heterocycles. The molecule has 0 fully saturated rings. The van der Waals surface area contributed by atoms with Crippen molar-refractivity contribution in [3.05, 3.63) is 11.3 Å². The molecule has 2 N–H and O–H groups in total. The summed E-state index contributed by atoms with van der Waals surface area (Å²) in [6.45, 7) is 3.98. The zero-order valence-corrected chi connectivity index (χ0v) is 14.9. The summed E-state index contributed by atoms with van der Waals surface area (Å²) < 4.78 is 4.83. The molecular weight excluding hydrogens is 292 g/mol. The second kappa shape index (κ2) is 11.1. The summed E-state index contributed by atoms with van der Waals surface area (Å²) in [7, 11) is 1.37. The van der Waals surface area contributed by atoms with Gasteiger partial charge >= 0.3 is 12.0 Å². The molecule has 0 aromatic carbocycles. The molecule has 5 heteroatoms. The number of esters is 1. The van der Waals surface area contributed by atoms with Crippen LogP contribution in [0.15, 0.2) is 11.3 Å². The number of carbonyl (C=O) groups excluding carboxylic acids is 2. The third-order valence-corrected chi connectivity index (χ3v) is 4.36. The third kappa shape index (κ3) is 7.06. The lowest BCUT2D eigenvalue weighted by molar-refractivity contribution is -0.136. The second-order valence-electron chi connectivity index (χ2n) is 6.30. The van der Waals surface area contributed by atoms with Crippen molar-refractivity contribution in [1.82, 2.24) is 10.6 Å². The Morgan fingerprint density at radius 3 is 2.17 bits per heavy atom. The Hall–Kier alpha value is -1.52. The summed E-state index contributed by atoms with van der Waals surface area (Å²) in [4.78, 5) is 23.5. The molecule has 0 radical (unpaired) electrons. The van der Waals surface area contributed by atoms with Gasteiger partial charge < -0.3 is 15.4 Å². The summed E-state index contributed by atoms with van der Waals surface area (Å²) in [5.74, 6) is -0.365. The molecular formula is C18H32N2O3. The van der Waals surface area contributed by atoms with Gasteiger partial charge in [0.05, 0.1) is 18.7 Å². The molecule has 1 aliphatic rings. The summed E-state index contributed by atoms with van der Waals surface area (Å²) in [5, 5.41) is 5.47. The summed E-state index contributed by atoms with van der Waals surface area (Å²) in [5.41, 5.74) is 1.15. The number of carbonyl (C=O) groups is 2. The quantitative estimate of drug-likeness (QED) is 0.445. The highest BCUT2D eigenvalue weighted by Crippen LogP contribution is 2.19. The maximum absolute atomic E-state index is 11.9. The first kappa shape index (κ1) is 19.5. The molecule has 1 atom stereocenters. The van der Waals surface area contributed by atoms with Crippen molar-refractivity contribution in [3.8, 4) is 0 Å². The van der Waals surface area contributed by atoms with Gasteiger partial charge in [-0.2, -0.15) is 0 Å². The van der Waals surface area contributed by atoms with Gasteiger partial charge in [-0.3, -0.25) is 0 Å². The highest BCUT2D eigenvalue weighted by molar-refractivity contribution is 5.94. The van der Waals surface area contributed by atoms with E-state index < -0.39 is 0 Å². The van der Waals surface area contributed by atoms with Crippen LogP contribution >= 0.6 is 0 Å². The van der Waals surface area contributed by atoms with Crippen molar-refractivity contribution in [3.63, 3.8) is 0 Å². The second-order valence-corrected chi connectivity index (χ2v) is 6.30. The summed E-state index contributed by atoms with van der Waals surface area (Å²) in [6.07, 6.45) is 12.1. The van der Waals surface area contributed by atoms with Crippen molar-refractivity contribution >= 4 is 12.0 Å². The lowest BCUT2D eigenvalue weighted by atomic mass is 9.96. The largest absolute Gasteiger partial charge is 0.466 e. The Morgan fingerprint density at radius 2 is 1.61 bits per heavy atom. The molecule has 0 bridgehead atoms. The van der Waals surface area contributed by atoms with Crippen LogP contribution in [0.2, 0.25) is 0 Å². The zero-order chi connectivity index (χ0) is 17.1. The van der Waals surface area contributed by atoms with Gasteiger partial charge in [-0.05, 0) is 13.3 Å². The molecule has 1 rings (SSSR count). The average Bonchev–Trinajstić information content (AvgIpc) is 2.52. The van der Waals surface area contributed by atoms with Crippen LogP contribution in [0.4, 0.5) is 4.79 Å². The van der Waals surface area contributed by atoms with Crippen LogP contribution in [0.3, 0.4) is 0 Å². The topological polar surface area (TPSA) is 67.4 Å². The van der Waals surface area contributed by atoms with Gasteiger partial charge in [0.25, 0.3) is 0 Å². The van der Waals surface area contributed by atoms with E-state index in [2.05, 4.69) is 17.6 Å². The molecule has 0 aromatic heterocycles. The van der Waals surface area contributed by atoms with Gasteiger partial charge in [-0.1, -0.05) is 64.7 Å². The fourth-order valence-electron chi connectivity index (χ4n) is 3.05. The number of unbranched alkanes of at least 4 members (excludes halogenated alkanes) is 8. The van der Waals surface area contributed by atoms with Crippen LogP contribution in [0.5, 0.6) is 0 Å². The maximum Gasteiger partial charge on any atom is 0.337 e. The van der Waals surface area contributed by atoms with Crippen LogP contribution in [-0.2, 0) is 9.53 Å². The summed E-state index contributed by atoms with van der Waals surface area (Å²) >= 11 is 0. The zero-order valence-electron chi connectivity index (χ0n) is 14.9. The minimum Gasteiger partial charge on any atom is -0.466 e. The van der Waals surface area contributed by atoms with E-state index in [0.29, 0.717) is 11.3 Å². The monoisotopic (exact) mass is 324 g/mol. The van der Waals surface area contributed by atoms with Crippen molar-refractivity contribution in [2.45, 2.75) is 84.1 Å². The van der Waals surface area contributed by atoms with Gasteiger partial charge in [0.15, 0.2) is 0 Å². The van der Waals surface area contributed by atoms with Crippen molar-refractivity contribution in [1.29, 1.82) is 0 Å². The van der Waals surface area contributed by atoms with Gasteiger partial charge in [0.1, 0.15) is 0 Å². The predicted molar refractivity (Wildman–Crippen MR) is 92.0 cm³/mol. The first-order valence-electron chi connectivity index (χ1n) is 8.96. The number of ether oxygens (including phenoxy) is 1. The first-order valence-corrected chi connectivity index (χ1v) is 8.96. The van der Waals surface area contributed by atoms with Crippen molar-refractivity contribution < 1.29 is 14.3 Å². The van der Waals surface area contributed by atoms with Crippen molar-refractivity contribution in [2.75, 3.05) is 7.11 Å². The fourth-order valence-corrected chi connectivity index (χ4v) is 3.05. The SMILES string of the molecule is CCCCCCCCCCC[C@@H]1NC(=O)NC(C)=C1C(=O)OC. The van der Waals surface area contributed by atoms with Crippen molar-refractivity contribution in [2.24, 2.45) is 0 Å². The van der Waals surface area contributed by atoms with E-state index in [1.54, 1.807) is 6.92 Å². The van der Waals surface area contributed by atoms with E-state index in [4.69, 9.17) is 4.74 Å². The van der Waals surface area contributed by atoms with Gasteiger partial charge in [0, 0.05) is 5.70 Å². The molecule has 23 heavy (non-hydrogen) atoms. The smallest absolute Gasteiger partial charge is 0.337 e. The van der Waals surface area contributed by atoms with Crippen LogP contribution < -0.4 is 10.6 Å². The molecule has 132 valence electrons. The Bertz CT molecular complexity index is 418. The van der Waals surface area contributed by atoms with E-state index in [-0.39, 0.29) is 18.0 Å². The lowest BCUT2D eigenvalue weighted by Gasteiger charge is -2.27. The van der Waals surface area contributed by atoms with E-state index >= 15 is 0 Å². The lowest BCUT2D eigenvalue weighted by Crippen LogP contribution is -2.49. The third-order valence-electron chi connectivity index (χ3n) is 4.36. The van der Waals surface area contributed by atoms with Crippen LogP contribution in [0.1, 0.15) is 78.1 Å². The number of rotatable bonds is 11. The normalized spacial score (nSPS) is 17.7. The first-order chi connectivity index (χ1) is 11.1. The van der Waals surface area contributed by atoms with E-state index in [9.17, 15) is 9.59 Å². The Balaban J connectivity index is 2.28. The Morgan fingerprint density at radius 1 is 1.04 bits per heavy atom. The highest BCUT2D eigenvalue weighted by Gasteiger charge is 2.29. The Labute approximate surface area is 140 Å². The summed E-state index contributed by atoms with van der Waals surface area (Å²) in [6, 6.07) is -0.475. The van der Waals surface area contributed by atoms with E-state index in [0.717, 1.165) is 19.3 Å². The molecule has 5 nitrogen and oxygen atoms in total. The fraction of sp³-hybridized carbons (Fsp3) is 0.778. The number of amides is 2. The highest BCUT2D eigenvalue weighted by atomic mass is 16.5. The van der Waals surface area contributed by atoms with Gasteiger partial charge in [-0.15, -0.1) is 0 Å². The molecule has 0 saturated carbocycles. The molecule has 0 saturated heterocycles. The predicted octanol–water partition coefficient (Wildman–Crippen LogP) is 4.04. The Kier molecular flexibility index (Phi) is 9.41. The molecule has 0 unspecified atom stereocenters. The minimum atomic E-state index is -0.365. The maximum atomic E-state index is 11.9. The van der Waals surface area contributed by atoms with Gasteiger partial charge in [0.2, 0.25) is 0 Å². The van der Waals surface area contributed by atoms with E-state index in [1.165, 1.54) is 52.1 Å². The number of hydrogen-bond donors (Lipinski definition) is 2. The van der Waals surface area contributed by atoms with E-state index in [1.807, 2.05) is 0 Å². The molecule has 2 amide bonds. The van der Waals surface area contributed by atoms with Gasteiger partial charge in [-0.25, -0.2) is 9.59 Å². The average molecular weight is 324 g/mol. The van der Waals surface area contributed by atoms with Crippen LogP contribution in [-0.4, -0.2) is 25.2 Å². The van der Waals surface area contributed by atoms with Crippen LogP contribution in [0.25, 0.3) is 0 Å². The molecule has 0 spiro atoms. The molecule has 0 aromatic rings. The standard InChI is InChI=1S/C18H32N2O3/c1-4-5-6-7-8-9-10-11-12-13-15-16(17(21)23-3)14(2)19-18(22)20-15/h15H,4-13H2,1-3H3,(H2,19,20,22)/t15-/m0/s1.